The summed E-state index contributed by atoms with van der Waals surface area (Å²) >= 11 is 0. The minimum atomic E-state index is -0.647. The molecule has 1 aromatic carbocycles. The van der Waals surface area contributed by atoms with Crippen LogP contribution in [-0.2, 0) is 17.6 Å². The maximum absolute atomic E-state index is 9.30. The first-order valence-electron chi connectivity index (χ1n) is 5.82. The molecule has 18 heavy (non-hydrogen) atoms. The lowest BCUT2D eigenvalue weighted by molar-refractivity contribution is 0.281. The fourth-order valence-electron chi connectivity index (χ4n) is 1.63. The van der Waals surface area contributed by atoms with Gasteiger partial charge in [0, 0.05) is 19.4 Å². The molecule has 3 heteroatoms. The lowest BCUT2D eigenvalue weighted by Crippen LogP contribution is -2.18. The fourth-order valence-corrected chi connectivity index (χ4v) is 1.63. The molecule has 0 atom stereocenters. The van der Waals surface area contributed by atoms with Crippen molar-refractivity contribution in [2.75, 3.05) is 0 Å². The predicted molar refractivity (Wildman–Crippen MR) is 70.6 cm³/mol. The van der Waals surface area contributed by atoms with E-state index in [0.717, 1.165) is 16.7 Å². The van der Waals surface area contributed by atoms with E-state index in [2.05, 4.69) is 10.9 Å². The highest BCUT2D eigenvalue weighted by molar-refractivity contribution is 5.41. The number of hydrogen-bond donors (Lipinski definition) is 1. The first-order chi connectivity index (χ1) is 8.26. The van der Waals surface area contributed by atoms with Gasteiger partial charge in [-0.25, -0.2) is 6.57 Å². The van der Waals surface area contributed by atoms with Gasteiger partial charge in [0.15, 0.2) is 0 Å². The van der Waals surface area contributed by atoms with Crippen LogP contribution in [0.3, 0.4) is 0 Å². The number of rotatable bonds is 3. The summed E-state index contributed by atoms with van der Waals surface area (Å²) in [7, 11) is 0. The molecular weight excluding hydrogens is 224 g/mol. The van der Waals surface area contributed by atoms with Gasteiger partial charge in [0.1, 0.15) is 0 Å². The molecule has 1 rings (SSSR count). The maximum atomic E-state index is 9.30. The van der Waals surface area contributed by atoms with Crippen molar-refractivity contribution in [3.63, 3.8) is 0 Å². The summed E-state index contributed by atoms with van der Waals surface area (Å²) in [4.78, 5) is 3.60. The third-order valence-corrected chi connectivity index (χ3v) is 3.16. The van der Waals surface area contributed by atoms with Crippen LogP contribution in [0.4, 0.5) is 0 Å². The zero-order valence-corrected chi connectivity index (χ0v) is 11.3. The van der Waals surface area contributed by atoms with Gasteiger partial charge >= 0.3 is 0 Å². The number of nitrogens with zero attached hydrogens (tertiary/aromatic N) is 2. The van der Waals surface area contributed by atoms with E-state index >= 15 is 0 Å². The van der Waals surface area contributed by atoms with Crippen LogP contribution in [0.2, 0.25) is 0 Å². The lowest BCUT2D eigenvalue weighted by Gasteiger charge is -2.20. The van der Waals surface area contributed by atoms with Crippen molar-refractivity contribution < 1.29 is 5.11 Å². The van der Waals surface area contributed by atoms with Gasteiger partial charge in [-0.05, 0) is 37.1 Å². The van der Waals surface area contributed by atoms with E-state index in [1.54, 1.807) is 0 Å². The van der Waals surface area contributed by atoms with Crippen molar-refractivity contribution in [3.05, 3.63) is 46.3 Å². The maximum Gasteiger partial charge on any atom is 0.252 e. The Morgan fingerprint density at radius 3 is 2.22 bits per heavy atom. The molecular formula is C15H18N2O. The topological polar surface area (TPSA) is 48.4 Å². The molecule has 0 radical (unpaired) electrons. The summed E-state index contributed by atoms with van der Waals surface area (Å²) in [5.74, 6) is 0. The van der Waals surface area contributed by atoms with E-state index in [-0.39, 0.29) is 6.61 Å². The monoisotopic (exact) mass is 242 g/mol. The van der Waals surface area contributed by atoms with E-state index < -0.39 is 11.0 Å². The fraction of sp³-hybridized carbons (Fsp3) is 0.467. The van der Waals surface area contributed by atoms with Gasteiger partial charge in [-0.1, -0.05) is 6.07 Å². The smallest absolute Gasteiger partial charge is 0.252 e. The Hall–Kier alpha value is -1.84. The van der Waals surface area contributed by atoms with Gasteiger partial charge in [-0.15, -0.1) is 0 Å². The molecule has 1 N–H and O–H groups in total. The SMILES string of the molecule is [C-]#[N+]C(C)(C)c1cc(CO)cc(C(C)(C)C#N)c1. The number of aliphatic hydroxyl groups is 1. The Morgan fingerprint density at radius 2 is 1.78 bits per heavy atom. The molecule has 0 aromatic heterocycles. The minimum absolute atomic E-state index is 0.0869. The summed E-state index contributed by atoms with van der Waals surface area (Å²) in [5.41, 5.74) is 1.14. The molecule has 3 nitrogen and oxygen atoms in total. The summed E-state index contributed by atoms with van der Waals surface area (Å²) in [6, 6.07) is 7.79. The molecule has 0 heterocycles. The van der Waals surface area contributed by atoms with Crippen LogP contribution in [0.1, 0.15) is 44.4 Å². The number of nitriles is 1. The summed E-state index contributed by atoms with van der Waals surface area (Å²) in [5, 5.41) is 18.5. The second kappa shape index (κ2) is 4.80. The van der Waals surface area contributed by atoms with Crippen LogP contribution in [0.15, 0.2) is 18.2 Å². The molecule has 1 aromatic rings. The molecule has 0 saturated carbocycles. The predicted octanol–water partition coefficient (Wildman–Crippen LogP) is 3.13. The summed E-state index contributed by atoms with van der Waals surface area (Å²) in [6.45, 7) is 14.5. The Kier molecular flexibility index (Phi) is 3.79. The highest BCUT2D eigenvalue weighted by Gasteiger charge is 2.29. The molecule has 0 aliphatic carbocycles. The Labute approximate surface area is 109 Å². The highest BCUT2D eigenvalue weighted by Crippen LogP contribution is 2.31. The zero-order chi connectivity index (χ0) is 14.0. The standard InChI is InChI=1S/C15H18N2O/c1-14(2,10-16)12-6-11(9-18)7-13(8-12)15(3,4)17-5/h6-8,18H,9H2,1-4H3. The third kappa shape index (κ3) is 2.70. The molecule has 0 fully saturated rings. The first-order valence-corrected chi connectivity index (χ1v) is 5.82. The average molecular weight is 242 g/mol. The van der Waals surface area contributed by atoms with Crippen molar-refractivity contribution >= 4 is 0 Å². The van der Waals surface area contributed by atoms with Crippen LogP contribution < -0.4 is 0 Å². The molecule has 0 aliphatic rings. The Morgan fingerprint density at radius 1 is 1.22 bits per heavy atom. The lowest BCUT2D eigenvalue weighted by atomic mass is 9.82. The van der Waals surface area contributed by atoms with Crippen molar-refractivity contribution in [2.24, 2.45) is 0 Å². The van der Waals surface area contributed by atoms with Crippen LogP contribution in [-0.4, -0.2) is 5.11 Å². The second-order valence-electron chi connectivity index (χ2n) is 5.48. The Bertz CT molecular complexity index is 486. The zero-order valence-electron chi connectivity index (χ0n) is 11.3. The van der Waals surface area contributed by atoms with Crippen molar-refractivity contribution in [1.82, 2.24) is 0 Å². The van der Waals surface area contributed by atoms with Crippen molar-refractivity contribution in [3.8, 4) is 6.07 Å². The van der Waals surface area contributed by atoms with Crippen LogP contribution in [0.25, 0.3) is 4.85 Å². The highest BCUT2D eigenvalue weighted by atomic mass is 16.3. The van der Waals surface area contributed by atoms with Crippen LogP contribution in [0, 0.1) is 17.9 Å². The molecule has 0 bridgehead atoms. The Balaban J connectivity index is 3.47. The quantitative estimate of drug-likeness (QED) is 0.828. The van der Waals surface area contributed by atoms with Crippen LogP contribution >= 0.6 is 0 Å². The van der Waals surface area contributed by atoms with Crippen LogP contribution in [0.5, 0.6) is 0 Å². The number of hydrogen-bond acceptors (Lipinski definition) is 2. The second-order valence-corrected chi connectivity index (χ2v) is 5.48. The van der Waals surface area contributed by atoms with E-state index in [4.69, 9.17) is 6.57 Å². The van der Waals surface area contributed by atoms with E-state index in [0.29, 0.717) is 0 Å². The molecule has 94 valence electrons. The van der Waals surface area contributed by atoms with E-state index in [9.17, 15) is 10.4 Å². The number of aliphatic hydroxyl groups excluding tert-OH is 1. The largest absolute Gasteiger partial charge is 0.392 e. The number of benzene rings is 1. The first kappa shape index (κ1) is 14.2. The van der Waals surface area contributed by atoms with Crippen molar-refractivity contribution in [2.45, 2.75) is 45.3 Å². The van der Waals surface area contributed by atoms with Gasteiger partial charge < -0.3 is 9.95 Å². The van der Waals surface area contributed by atoms with Gasteiger partial charge in [0.05, 0.1) is 18.1 Å². The molecule has 0 unspecified atom stereocenters. The van der Waals surface area contributed by atoms with Gasteiger partial charge in [0.25, 0.3) is 5.54 Å². The molecule has 0 aliphatic heterocycles. The van der Waals surface area contributed by atoms with Gasteiger partial charge in [0.2, 0.25) is 0 Å². The molecule has 0 amide bonds. The van der Waals surface area contributed by atoms with Crippen molar-refractivity contribution in [1.29, 1.82) is 5.26 Å². The minimum Gasteiger partial charge on any atom is -0.392 e. The van der Waals surface area contributed by atoms with E-state index in [1.165, 1.54) is 0 Å². The average Bonchev–Trinajstić information content (AvgIpc) is 2.38. The van der Waals surface area contributed by atoms with Gasteiger partial charge in [-0.3, -0.25) is 0 Å². The van der Waals surface area contributed by atoms with Gasteiger partial charge in [-0.2, -0.15) is 5.26 Å². The summed E-state index contributed by atoms with van der Waals surface area (Å²) < 4.78 is 0. The summed E-state index contributed by atoms with van der Waals surface area (Å²) in [6.07, 6.45) is 0. The molecule has 0 saturated heterocycles. The molecule has 0 spiro atoms. The normalized spacial score (nSPS) is 11.7. The van der Waals surface area contributed by atoms with E-state index in [1.807, 2.05) is 45.9 Å². The third-order valence-electron chi connectivity index (χ3n) is 3.16.